The van der Waals surface area contributed by atoms with Gasteiger partial charge in [-0.2, -0.15) is 0 Å². The molecule has 0 aliphatic heterocycles. The lowest BCUT2D eigenvalue weighted by Crippen LogP contribution is -1.96. The number of nitrogens with zero attached hydrogens (tertiary/aromatic N) is 2. The van der Waals surface area contributed by atoms with E-state index in [2.05, 4.69) is 4.98 Å². The molecule has 0 amide bonds. The molecule has 0 fully saturated rings. The monoisotopic (exact) mass is 288 g/mol. The molecule has 0 spiro atoms. The predicted molar refractivity (Wildman–Crippen MR) is 79.0 cm³/mol. The Labute approximate surface area is 121 Å². The third-order valence-corrected chi connectivity index (χ3v) is 3.44. The van der Waals surface area contributed by atoms with Crippen LogP contribution < -0.4 is 0 Å². The summed E-state index contributed by atoms with van der Waals surface area (Å²) in [5, 5.41) is 1.40. The number of aromatic nitrogens is 2. The van der Waals surface area contributed by atoms with Crippen molar-refractivity contribution in [3.63, 3.8) is 0 Å². The van der Waals surface area contributed by atoms with Crippen molar-refractivity contribution in [3.05, 3.63) is 71.0 Å². The van der Waals surface area contributed by atoms with E-state index in [4.69, 9.17) is 23.2 Å². The molecule has 19 heavy (non-hydrogen) atoms. The standard InChI is InChI=1S/C15H10Cl2N2/c16-11-5-7-12(8-6-11)19-10-9-18-15(19)13-3-1-2-4-14(13)17/h1-10H. The summed E-state index contributed by atoms with van der Waals surface area (Å²) in [6.45, 7) is 0. The Kier molecular flexibility index (Phi) is 3.28. The summed E-state index contributed by atoms with van der Waals surface area (Å²) >= 11 is 12.1. The molecular weight excluding hydrogens is 279 g/mol. The second-order valence-corrected chi connectivity index (χ2v) is 4.92. The van der Waals surface area contributed by atoms with E-state index in [0.717, 1.165) is 17.1 Å². The molecular formula is C15H10Cl2N2. The van der Waals surface area contributed by atoms with Crippen LogP contribution in [-0.4, -0.2) is 9.55 Å². The first-order valence-corrected chi connectivity index (χ1v) is 6.55. The molecule has 4 heteroatoms. The molecule has 0 aliphatic carbocycles. The lowest BCUT2D eigenvalue weighted by Gasteiger charge is -2.09. The topological polar surface area (TPSA) is 17.8 Å². The predicted octanol–water partition coefficient (Wildman–Crippen LogP) is 4.85. The van der Waals surface area contributed by atoms with Gasteiger partial charge in [-0.25, -0.2) is 4.98 Å². The van der Waals surface area contributed by atoms with Gasteiger partial charge in [-0.05, 0) is 36.4 Å². The second kappa shape index (κ2) is 5.08. The minimum atomic E-state index is 0.684. The maximum atomic E-state index is 6.23. The molecule has 0 saturated carbocycles. The van der Waals surface area contributed by atoms with Crippen LogP contribution in [0.25, 0.3) is 17.1 Å². The summed E-state index contributed by atoms with van der Waals surface area (Å²) < 4.78 is 1.98. The highest BCUT2D eigenvalue weighted by Crippen LogP contribution is 2.28. The average Bonchev–Trinajstić information content (AvgIpc) is 2.89. The Morgan fingerprint density at radius 1 is 0.895 bits per heavy atom. The summed E-state index contributed by atoms with van der Waals surface area (Å²) in [6.07, 6.45) is 3.66. The molecule has 0 atom stereocenters. The highest BCUT2D eigenvalue weighted by atomic mass is 35.5. The second-order valence-electron chi connectivity index (χ2n) is 4.08. The van der Waals surface area contributed by atoms with Crippen LogP contribution in [0.2, 0.25) is 10.0 Å². The van der Waals surface area contributed by atoms with E-state index in [-0.39, 0.29) is 0 Å². The van der Waals surface area contributed by atoms with Crippen LogP contribution in [-0.2, 0) is 0 Å². The van der Waals surface area contributed by atoms with Crippen molar-refractivity contribution in [3.8, 4) is 17.1 Å². The van der Waals surface area contributed by atoms with Crippen LogP contribution in [0, 0.1) is 0 Å². The maximum Gasteiger partial charge on any atom is 0.145 e. The van der Waals surface area contributed by atoms with Gasteiger partial charge in [0.05, 0.1) is 5.02 Å². The number of hydrogen-bond acceptors (Lipinski definition) is 1. The fourth-order valence-electron chi connectivity index (χ4n) is 1.96. The van der Waals surface area contributed by atoms with Crippen LogP contribution in [0.1, 0.15) is 0 Å². The molecule has 0 radical (unpaired) electrons. The summed E-state index contributed by atoms with van der Waals surface area (Å²) in [5.74, 6) is 0.813. The van der Waals surface area contributed by atoms with Gasteiger partial charge in [0.1, 0.15) is 5.82 Å². The van der Waals surface area contributed by atoms with Crippen molar-refractivity contribution in [1.82, 2.24) is 9.55 Å². The third-order valence-electron chi connectivity index (χ3n) is 2.86. The summed E-state index contributed by atoms with van der Waals surface area (Å²) in [4.78, 5) is 4.39. The average molecular weight is 289 g/mol. The van der Waals surface area contributed by atoms with Gasteiger partial charge in [-0.15, -0.1) is 0 Å². The molecule has 0 unspecified atom stereocenters. The van der Waals surface area contributed by atoms with Crippen molar-refractivity contribution in [1.29, 1.82) is 0 Å². The highest BCUT2D eigenvalue weighted by molar-refractivity contribution is 6.33. The summed E-state index contributed by atoms with van der Waals surface area (Å²) in [6, 6.07) is 15.3. The van der Waals surface area contributed by atoms with Gasteiger partial charge in [0.2, 0.25) is 0 Å². The largest absolute Gasteiger partial charge is 0.300 e. The Bertz CT molecular complexity index is 702. The molecule has 0 bridgehead atoms. The normalized spacial score (nSPS) is 10.6. The van der Waals surface area contributed by atoms with Gasteiger partial charge < -0.3 is 0 Å². The maximum absolute atomic E-state index is 6.23. The third kappa shape index (κ3) is 2.37. The molecule has 3 rings (SSSR count). The van der Waals surface area contributed by atoms with E-state index in [1.165, 1.54) is 0 Å². The Balaban J connectivity index is 2.13. The van der Waals surface area contributed by atoms with Crippen molar-refractivity contribution >= 4 is 23.2 Å². The Morgan fingerprint density at radius 3 is 2.37 bits per heavy atom. The van der Waals surface area contributed by atoms with Gasteiger partial charge >= 0.3 is 0 Å². The Hall–Kier alpha value is -1.77. The highest BCUT2D eigenvalue weighted by Gasteiger charge is 2.10. The number of hydrogen-bond donors (Lipinski definition) is 0. The van der Waals surface area contributed by atoms with E-state index in [0.29, 0.717) is 10.0 Å². The molecule has 1 heterocycles. The summed E-state index contributed by atoms with van der Waals surface area (Å²) in [7, 11) is 0. The van der Waals surface area contributed by atoms with Crippen LogP contribution in [0.3, 0.4) is 0 Å². The molecule has 94 valence electrons. The molecule has 3 aromatic rings. The number of imidazole rings is 1. The smallest absolute Gasteiger partial charge is 0.145 e. The van der Waals surface area contributed by atoms with Crippen molar-refractivity contribution in [2.24, 2.45) is 0 Å². The minimum Gasteiger partial charge on any atom is -0.300 e. The van der Waals surface area contributed by atoms with Crippen LogP contribution in [0.15, 0.2) is 60.9 Å². The zero-order valence-corrected chi connectivity index (χ0v) is 11.4. The molecule has 0 aliphatic rings. The van der Waals surface area contributed by atoms with Crippen molar-refractivity contribution in [2.75, 3.05) is 0 Å². The van der Waals surface area contributed by atoms with Crippen molar-refractivity contribution < 1.29 is 0 Å². The quantitative estimate of drug-likeness (QED) is 0.659. The van der Waals surface area contributed by atoms with E-state index in [9.17, 15) is 0 Å². The first-order valence-electron chi connectivity index (χ1n) is 5.80. The zero-order chi connectivity index (χ0) is 13.2. The van der Waals surface area contributed by atoms with Gasteiger partial charge in [0, 0.05) is 28.7 Å². The molecule has 1 aromatic heterocycles. The van der Waals surface area contributed by atoms with Gasteiger partial charge in [-0.3, -0.25) is 4.57 Å². The molecule has 0 N–H and O–H groups in total. The summed E-state index contributed by atoms with van der Waals surface area (Å²) in [5.41, 5.74) is 1.90. The molecule has 0 saturated heterocycles. The van der Waals surface area contributed by atoms with E-state index < -0.39 is 0 Å². The lowest BCUT2D eigenvalue weighted by atomic mass is 10.2. The molecule has 2 aromatic carbocycles. The fourth-order valence-corrected chi connectivity index (χ4v) is 2.30. The minimum absolute atomic E-state index is 0.684. The first-order chi connectivity index (χ1) is 9.25. The fraction of sp³-hybridized carbons (Fsp3) is 0. The van der Waals surface area contributed by atoms with E-state index in [1.54, 1.807) is 6.20 Å². The van der Waals surface area contributed by atoms with Crippen LogP contribution in [0.4, 0.5) is 0 Å². The SMILES string of the molecule is Clc1ccc(-n2ccnc2-c2ccccc2Cl)cc1. The van der Waals surface area contributed by atoms with E-state index >= 15 is 0 Å². The number of benzene rings is 2. The van der Waals surface area contributed by atoms with Crippen molar-refractivity contribution in [2.45, 2.75) is 0 Å². The van der Waals surface area contributed by atoms with Gasteiger partial charge in [-0.1, -0.05) is 35.3 Å². The van der Waals surface area contributed by atoms with Crippen LogP contribution >= 0.6 is 23.2 Å². The number of rotatable bonds is 2. The van der Waals surface area contributed by atoms with E-state index in [1.807, 2.05) is 59.3 Å². The van der Waals surface area contributed by atoms with Crippen LogP contribution in [0.5, 0.6) is 0 Å². The lowest BCUT2D eigenvalue weighted by molar-refractivity contribution is 1.07. The molecule has 2 nitrogen and oxygen atoms in total. The van der Waals surface area contributed by atoms with Gasteiger partial charge in [0.15, 0.2) is 0 Å². The number of halogens is 2. The first kappa shape index (κ1) is 12.3. The Morgan fingerprint density at radius 2 is 1.63 bits per heavy atom. The van der Waals surface area contributed by atoms with Gasteiger partial charge in [0.25, 0.3) is 0 Å². The zero-order valence-electron chi connectivity index (χ0n) is 9.92.